The fourth-order valence-corrected chi connectivity index (χ4v) is 5.01. The highest BCUT2D eigenvalue weighted by Crippen LogP contribution is 2.38. The molecular weight excluding hydrogens is 424 g/mol. The molecule has 6 aromatic rings. The van der Waals surface area contributed by atoms with Gasteiger partial charge in [-0.25, -0.2) is 0 Å². The molecule has 1 aromatic heterocycles. The average Bonchev–Trinajstić information content (AvgIpc) is 3.18. The van der Waals surface area contributed by atoms with E-state index >= 15 is 0 Å². The van der Waals surface area contributed by atoms with Gasteiger partial charge in [0.05, 0.1) is 0 Å². The van der Waals surface area contributed by atoms with Crippen LogP contribution in [-0.4, -0.2) is 4.57 Å². The van der Waals surface area contributed by atoms with E-state index in [0.29, 0.717) is 0 Å². The number of anilines is 3. The lowest BCUT2D eigenvalue weighted by Gasteiger charge is -2.26. The van der Waals surface area contributed by atoms with Gasteiger partial charge in [-0.05, 0) is 79.6 Å². The molecule has 0 amide bonds. The molecule has 0 fully saturated rings. The maximum absolute atomic E-state index is 2.33. The molecular formula is C33H28N2. The lowest BCUT2D eigenvalue weighted by molar-refractivity contribution is 1.01. The predicted molar refractivity (Wildman–Crippen MR) is 150 cm³/mol. The molecule has 0 aliphatic rings. The van der Waals surface area contributed by atoms with Crippen LogP contribution < -0.4 is 4.90 Å². The van der Waals surface area contributed by atoms with E-state index in [-0.39, 0.29) is 0 Å². The molecule has 1 heterocycles. The molecule has 0 atom stereocenters. The standard InChI is InChI=1S/C33H28N2/c1-23-11-16-27(17-12-23)35(28-18-13-24(2)14-19-28)29-8-6-7-25(21-29)26-15-20-33-31(22-26)30-9-4-5-10-32(30)34(33)3/h4-22H,1-3H3. The average molecular weight is 453 g/mol. The monoisotopic (exact) mass is 452 g/mol. The van der Waals surface area contributed by atoms with Crippen LogP contribution in [0.15, 0.2) is 115 Å². The van der Waals surface area contributed by atoms with Gasteiger partial charge in [0.2, 0.25) is 0 Å². The Morgan fingerprint density at radius 3 is 1.77 bits per heavy atom. The van der Waals surface area contributed by atoms with Crippen LogP contribution in [0.5, 0.6) is 0 Å². The highest BCUT2D eigenvalue weighted by molar-refractivity contribution is 6.09. The zero-order chi connectivity index (χ0) is 23.9. The van der Waals surface area contributed by atoms with Crippen molar-refractivity contribution in [3.05, 3.63) is 126 Å². The Labute approximate surface area is 206 Å². The predicted octanol–water partition coefficient (Wildman–Crippen LogP) is 9.09. The lowest BCUT2D eigenvalue weighted by atomic mass is 10.0. The van der Waals surface area contributed by atoms with Gasteiger partial charge in [-0.3, -0.25) is 0 Å². The molecule has 0 radical (unpaired) electrons. The molecule has 0 saturated heterocycles. The summed E-state index contributed by atoms with van der Waals surface area (Å²) < 4.78 is 2.28. The first-order valence-corrected chi connectivity index (χ1v) is 12.1. The zero-order valence-corrected chi connectivity index (χ0v) is 20.4. The minimum absolute atomic E-state index is 1.15. The summed E-state index contributed by atoms with van der Waals surface area (Å²) in [6, 6.07) is 41.8. The van der Waals surface area contributed by atoms with Gasteiger partial charge in [0.25, 0.3) is 0 Å². The Morgan fingerprint density at radius 1 is 0.486 bits per heavy atom. The van der Waals surface area contributed by atoms with E-state index in [0.717, 1.165) is 17.1 Å². The Bertz CT molecular complexity index is 1610. The molecule has 2 nitrogen and oxygen atoms in total. The third-order valence-electron chi connectivity index (χ3n) is 6.94. The number of aromatic nitrogens is 1. The first-order valence-electron chi connectivity index (χ1n) is 12.1. The van der Waals surface area contributed by atoms with Gasteiger partial charge in [-0.1, -0.05) is 71.8 Å². The summed E-state index contributed by atoms with van der Waals surface area (Å²) in [6.45, 7) is 4.26. The Kier molecular flexibility index (Phi) is 5.15. The van der Waals surface area contributed by atoms with Gasteiger partial charge < -0.3 is 9.47 Å². The second-order valence-corrected chi connectivity index (χ2v) is 9.36. The molecule has 0 bridgehead atoms. The normalized spacial score (nSPS) is 11.3. The van der Waals surface area contributed by atoms with Crippen molar-refractivity contribution >= 4 is 38.9 Å². The SMILES string of the molecule is Cc1ccc(N(c2ccc(C)cc2)c2cccc(-c3ccc4c(c3)c3ccccc3n4C)c2)cc1. The molecule has 0 aliphatic heterocycles. The molecule has 2 heteroatoms. The van der Waals surface area contributed by atoms with Crippen molar-refractivity contribution < 1.29 is 0 Å². The lowest BCUT2D eigenvalue weighted by Crippen LogP contribution is -2.10. The van der Waals surface area contributed by atoms with E-state index in [1.165, 1.54) is 44.1 Å². The first kappa shape index (κ1) is 21.2. The second kappa shape index (κ2) is 8.48. The van der Waals surface area contributed by atoms with Crippen LogP contribution in [-0.2, 0) is 7.05 Å². The summed E-state index contributed by atoms with van der Waals surface area (Å²) >= 11 is 0. The van der Waals surface area contributed by atoms with Crippen LogP contribution in [0.25, 0.3) is 32.9 Å². The van der Waals surface area contributed by atoms with E-state index in [1.54, 1.807) is 0 Å². The third-order valence-corrected chi connectivity index (χ3v) is 6.94. The molecule has 0 N–H and O–H groups in total. The first-order chi connectivity index (χ1) is 17.1. The Hall–Kier alpha value is -4.30. The molecule has 35 heavy (non-hydrogen) atoms. The number of benzene rings is 5. The fourth-order valence-electron chi connectivity index (χ4n) is 5.01. The van der Waals surface area contributed by atoms with Crippen molar-refractivity contribution in [1.82, 2.24) is 4.57 Å². The van der Waals surface area contributed by atoms with E-state index in [9.17, 15) is 0 Å². The van der Waals surface area contributed by atoms with Gasteiger partial charge in [-0.2, -0.15) is 0 Å². The van der Waals surface area contributed by atoms with Crippen molar-refractivity contribution in [2.45, 2.75) is 13.8 Å². The van der Waals surface area contributed by atoms with Gasteiger partial charge in [0, 0.05) is 45.9 Å². The molecule has 0 spiro atoms. The topological polar surface area (TPSA) is 8.17 Å². The van der Waals surface area contributed by atoms with Crippen LogP contribution >= 0.6 is 0 Å². The van der Waals surface area contributed by atoms with Crippen molar-refractivity contribution in [1.29, 1.82) is 0 Å². The van der Waals surface area contributed by atoms with Crippen molar-refractivity contribution in [2.75, 3.05) is 4.90 Å². The molecule has 5 aromatic carbocycles. The summed E-state index contributed by atoms with van der Waals surface area (Å²) in [5.74, 6) is 0. The maximum atomic E-state index is 2.33. The van der Waals surface area contributed by atoms with E-state index in [4.69, 9.17) is 0 Å². The largest absolute Gasteiger partial charge is 0.344 e. The zero-order valence-electron chi connectivity index (χ0n) is 20.4. The summed E-state index contributed by atoms with van der Waals surface area (Å²) in [6.07, 6.45) is 0. The molecule has 170 valence electrons. The highest BCUT2D eigenvalue weighted by Gasteiger charge is 2.14. The number of hydrogen-bond donors (Lipinski definition) is 0. The van der Waals surface area contributed by atoms with Gasteiger partial charge in [-0.15, -0.1) is 0 Å². The van der Waals surface area contributed by atoms with Crippen LogP contribution in [0, 0.1) is 13.8 Å². The van der Waals surface area contributed by atoms with Crippen LogP contribution in [0.2, 0.25) is 0 Å². The number of aryl methyl sites for hydroxylation is 3. The summed E-state index contributed by atoms with van der Waals surface area (Å²) in [4.78, 5) is 2.33. The molecule has 0 saturated carbocycles. The van der Waals surface area contributed by atoms with Gasteiger partial charge in [0.1, 0.15) is 0 Å². The van der Waals surface area contributed by atoms with E-state index in [1.807, 2.05) is 0 Å². The molecule has 0 unspecified atom stereocenters. The van der Waals surface area contributed by atoms with Crippen molar-refractivity contribution in [3.63, 3.8) is 0 Å². The fraction of sp³-hybridized carbons (Fsp3) is 0.0909. The molecule has 0 aliphatic carbocycles. The number of para-hydroxylation sites is 1. The van der Waals surface area contributed by atoms with E-state index in [2.05, 4.69) is 146 Å². The second-order valence-electron chi connectivity index (χ2n) is 9.36. The Morgan fingerprint density at radius 2 is 1.09 bits per heavy atom. The van der Waals surface area contributed by atoms with Crippen LogP contribution in [0.4, 0.5) is 17.1 Å². The maximum Gasteiger partial charge on any atom is 0.0489 e. The van der Waals surface area contributed by atoms with E-state index < -0.39 is 0 Å². The number of rotatable bonds is 4. The van der Waals surface area contributed by atoms with Crippen LogP contribution in [0.1, 0.15) is 11.1 Å². The van der Waals surface area contributed by atoms with Crippen LogP contribution in [0.3, 0.4) is 0 Å². The summed E-state index contributed by atoms with van der Waals surface area (Å²) in [5.41, 5.74) is 10.9. The summed E-state index contributed by atoms with van der Waals surface area (Å²) in [5, 5.41) is 2.59. The summed E-state index contributed by atoms with van der Waals surface area (Å²) in [7, 11) is 2.14. The molecule has 6 rings (SSSR count). The van der Waals surface area contributed by atoms with Gasteiger partial charge >= 0.3 is 0 Å². The Balaban J connectivity index is 1.49. The van der Waals surface area contributed by atoms with Gasteiger partial charge in [0.15, 0.2) is 0 Å². The minimum Gasteiger partial charge on any atom is -0.344 e. The quantitative estimate of drug-likeness (QED) is 0.259. The third kappa shape index (κ3) is 3.77. The van der Waals surface area contributed by atoms with Crippen molar-refractivity contribution in [3.8, 4) is 11.1 Å². The smallest absolute Gasteiger partial charge is 0.0489 e. The highest BCUT2D eigenvalue weighted by atomic mass is 15.1. The number of hydrogen-bond acceptors (Lipinski definition) is 1. The minimum atomic E-state index is 1.15. The number of nitrogens with zero attached hydrogens (tertiary/aromatic N) is 2. The number of fused-ring (bicyclic) bond motifs is 3. The van der Waals surface area contributed by atoms with Crippen molar-refractivity contribution in [2.24, 2.45) is 7.05 Å².